The first kappa shape index (κ1) is 13.8. The van der Waals surface area contributed by atoms with Crippen molar-refractivity contribution >= 4 is 11.6 Å². The van der Waals surface area contributed by atoms with Gasteiger partial charge < -0.3 is 0 Å². The molecule has 19 heavy (non-hydrogen) atoms. The number of hydrogen-bond donors (Lipinski definition) is 0. The van der Waals surface area contributed by atoms with Gasteiger partial charge in [-0.25, -0.2) is 4.68 Å². The first-order valence-corrected chi connectivity index (χ1v) is 5.88. The molecule has 4 nitrogen and oxygen atoms in total. The van der Waals surface area contributed by atoms with Crippen molar-refractivity contribution in [3.63, 3.8) is 0 Å². The molecule has 1 aromatic heterocycles. The minimum absolute atomic E-state index is 0.275. The van der Waals surface area contributed by atoms with Crippen molar-refractivity contribution < 1.29 is 13.2 Å². The third-order valence-electron chi connectivity index (χ3n) is 2.53. The third kappa shape index (κ3) is 3.23. The van der Waals surface area contributed by atoms with E-state index in [1.165, 1.54) is 16.8 Å². The minimum Gasteiger partial charge on any atom is -0.224 e. The Morgan fingerprint density at radius 1 is 1.26 bits per heavy atom. The van der Waals surface area contributed by atoms with Crippen molar-refractivity contribution in [2.24, 2.45) is 0 Å². The van der Waals surface area contributed by atoms with Crippen LogP contribution in [0.25, 0.3) is 0 Å². The molecule has 0 amide bonds. The normalized spacial score (nSPS) is 13.5. The number of halogens is 4. The zero-order valence-corrected chi connectivity index (χ0v) is 10.7. The van der Waals surface area contributed by atoms with E-state index in [9.17, 15) is 13.2 Å². The fraction of sp³-hybridized carbons (Fsp3) is 0.364. The summed E-state index contributed by atoms with van der Waals surface area (Å²) in [5.74, 6) is 0.474. The van der Waals surface area contributed by atoms with Gasteiger partial charge in [0.25, 0.3) is 0 Å². The number of nitrogens with zero attached hydrogens (tertiary/aromatic N) is 4. The summed E-state index contributed by atoms with van der Waals surface area (Å²) in [4.78, 5) is 0. The summed E-state index contributed by atoms with van der Waals surface area (Å²) in [5, 5.41) is 10.6. The van der Waals surface area contributed by atoms with E-state index in [0.29, 0.717) is 11.4 Å². The Hall–Kier alpha value is -1.63. The number of tetrazole rings is 1. The molecule has 0 N–H and O–H groups in total. The Kier molecular flexibility index (Phi) is 3.75. The van der Waals surface area contributed by atoms with E-state index in [1.807, 2.05) is 0 Å². The van der Waals surface area contributed by atoms with Crippen LogP contribution in [0.2, 0.25) is 0 Å². The topological polar surface area (TPSA) is 43.6 Å². The lowest BCUT2D eigenvalue weighted by atomic mass is 10.1. The van der Waals surface area contributed by atoms with Crippen LogP contribution < -0.4 is 0 Å². The number of alkyl halides is 4. The molecule has 1 atom stereocenters. The molecular weight excluding hydrogens is 281 g/mol. The molecule has 0 bridgehead atoms. The highest BCUT2D eigenvalue weighted by atomic mass is 35.5. The lowest BCUT2D eigenvalue weighted by Gasteiger charge is -2.08. The van der Waals surface area contributed by atoms with Crippen molar-refractivity contribution in [1.82, 2.24) is 20.2 Å². The van der Waals surface area contributed by atoms with Crippen molar-refractivity contribution in [3.8, 4) is 0 Å². The molecule has 0 saturated carbocycles. The van der Waals surface area contributed by atoms with Gasteiger partial charge in [-0.15, -0.1) is 16.7 Å². The first-order chi connectivity index (χ1) is 8.88. The second-order valence-electron chi connectivity index (χ2n) is 4.01. The minimum atomic E-state index is -4.33. The van der Waals surface area contributed by atoms with Gasteiger partial charge in [0, 0.05) is 0 Å². The molecule has 0 fully saturated rings. The Morgan fingerprint density at radius 3 is 2.42 bits per heavy atom. The summed E-state index contributed by atoms with van der Waals surface area (Å²) in [6.07, 6.45) is -4.33. The van der Waals surface area contributed by atoms with E-state index < -0.39 is 11.7 Å². The van der Waals surface area contributed by atoms with Gasteiger partial charge in [0.05, 0.1) is 17.5 Å². The lowest BCUT2D eigenvalue weighted by Crippen LogP contribution is -2.09. The Labute approximate surface area is 112 Å². The van der Waals surface area contributed by atoms with Gasteiger partial charge in [-0.05, 0) is 35.0 Å². The van der Waals surface area contributed by atoms with Gasteiger partial charge in [-0.3, -0.25) is 0 Å². The number of aromatic nitrogens is 4. The summed E-state index contributed by atoms with van der Waals surface area (Å²) in [7, 11) is 0. The second kappa shape index (κ2) is 5.16. The zero-order chi connectivity index (χ0) is 14.0. The lowest BCUT2D eigenvalue weighted by molar-refractivity contribution is -0.137. The Balaban J connectivity index is 2.18. The van der Waals surface area contributed by atoms with E-state index >= 15 is 0 Å². The molecule has 2 aromatic rings. The maximum Gasteiger partial charge on any atom is 0.416 e. The van der Waals surface area contributed by atoms with Gasteiger partial charge in [-0.1, -0.05) is 12.1 Å². The maximum atomic E-state index is 12.4. The predicted octanol–water partition coefficient (Wildman–Crippen LogP) is 3.04. The average molecular weight is 291 g/mol. The molecule has 0 aliphatic rings. The smallest absolute Gasteiger partial charge is 0.224 e. The molecule has 102 valence electrons. The standard InChI is InChI=1S/C11H10ClF3N4/c1-7(12)10-16-17-18-19(10)6-8-2-4-9(5-3-8)11(13,14)15/h2-5,7H,6H2,1H3. The maximum absolute atomic E-state index is 12.4. The van der Waals surface area contributed by atoms with Crippen LogP contribution in [0.1, 0.15) is 29.3 Å². The molecule has 1 unspecified atom stereocenters. The van der Waals surface area contributed by atoms with Crippen LogP contribution in [0, 0.1) is 0 Å². The van der Waals surface area contributed by atoms with Gasteiger partial charge >= 0.3 is 6.18 Å². The van der Waals surface area contributed by atoms with Crippen molar-refractivity contribution in [1.29, 1.82) is 0 Å². The quantitative estimate of drug-likeness (QED) is 0.816. The molecule has 2 rings (SSSR count). The first-order valence-electron chi connectivity index (χ1n) is 5.44. The van der Waals surface area contributed by atoms with Crippen LogP contribution in [0.5, 0.6) is 0 Å². The molecular formula is C11H10ClF3N4. The fourth-order valence-electron chi connectivity index (χ4n) is 1.58. The fourth-order valence-corrected chi connectivity index (χ4v) is 1.74. The molecule has 0 aliphatic carbocycles. The van der Waals surface area contributed by atoms with E-state index in [4.69, 9.17) is 11.6 Å². The number of benzene rings is 1. The van der Waals surface area contributed by atoms with Gasteiger partial charge in [0.2, 0.25) is 0 Å². The van der Waals surface area contributed by atoms with E-state index in [0.717, 1.165) is 12.1 Å². The van der Waals surface area contributed by atoms with Crippen molar-refractivity contribution in [3.05, 3.63) is 41.2 Å². The van der Waals surface area contributed by atoms with E-state index in [2.05, 4.69) is 15.5 Å². The molecule has 0 aliphatic heterocycles. The molecule has 0 saturated heterocycles. The van der Waals surface area contributed by atoms with Crippen LogP contribution in [-0.2, 0) is 12.7 Å². The summed E-state index contributed by atoms with van der Waals surface area (Å²) in [6.45, 7) is 1.99. The van der Waals surface area contributed by atoms with Gasteiger partial charge in [0.1, 0.15) is 0 Å². The van der Waals surface area contributed by atoms with Crippen LogP contribution in [-0.4, -0.2) is 20.2 Å². The van der Waals surface area contributed by atoms with Crippen LogP contribution in [0.4, 0.5) is 13.2 Å². The average Bonchev–Trinajstić information content (AvgIpc) is 2.77. The largest absolute Gasteiger partial charge is 0.416 e. The molecule has 0 spiro atoms. The SMILES string of the molecule is CC(Cl)c1nnnn1Cc1ccc(C(F)(F)F)cc1. The van der Waals surface area contributed by atoms with Crippen LogP contribution >= 0.6 is 11.6 Å². The summed E-state index contributed by atoms with van der Waals surface area (Å²) < 4.78 is 38.7. The Bertz CT molecular complexity index is 548. The third-order valence-corrected chi connectivity index (χ3v) is 2.72. The summed E-state index contributed by atoms with van der Waals surface area (Å²) in [6, 6.07) is 4.85. The Morgan fingerprint density at radius 2 is 1.89 bits per heavy atom. The number of hydrogen-bond acceptors (Lipinski definition) is 3. The predicted molar refractivity (Wildman–Crippen MR) is 62.6 cm³/mol. The van der Waals surface area contributed by atoms with Crippen molar-refractivity contribution in [2.45, 2.75) is 25.0 Å². The number of rotatable bonds is 3. The second-order valence-corrected chi connectivity index (χ2v) is 4.66. The van der Waals surface area contributed by atoms with E-state index in [1.54, 1.807) is 6.92 Å². The molecule has 8 heteroatoms. The zero-order valence-electron chi connectivity index (χ0n) is 9.89. The molecule has 1 aromatic carbocycles. The highest BCUT2D eigenvalue weighted by Gasteiger charge is 2.29. The van der Waals surface area contributed by atoms with Crippen molar-refractivity contribution in [2.75, 3.05) is 0 Å². The van der Waals surface area contributed by atoms with E-state index in [-0.39, 0.29) is 11.9 Å². The highest BCUT2D eigenvalue weighted by molar-refractivity contribution is 6.20. The summed E-state index contributed by atoms with van der Waals surface area (Å²) in [5.41, 5.74) is -0.0160. The van der Waals surface area contributed by atoms with Gasteiger partial charge in [0.15, 0.2) is 5.82 Å². The monoisotopic (exact) mass is 290 g/mol. The molecule has 1 heterocycles. The van der Waals surface area contributed by atoms with Crippen LogP contribution in [0.3, 0.4) is 0 Å². The van der Waals surface area contributed by atoms with Crippen LogP contribution in [0.15, 0.2) is 24.3 Å². The van der Waals surface area contributed by atoms with Gasteiger partial charge in [-0.2, -0.15) is 13.2 Å². The molecule has 0 radical (unpaired) electrons. The summed E-state index contributed by atoms with van der Waals surface area (Å²) >= 11 is 5.89. The highest BCUT2D eigenvalue weighted by Crippen LogP contribution is 2.29.